The molecule has 1 fully saturated rings. The summed E-state index contributed by atoms with van der Waals surface area (Å²) in [6.45, 7) is 4.57. The molecule has 2 N–H and O–H groups in total. The summed E-state index contributed by atoms with van der Waals surface area (Å²) >= 11 is 0. The summed E-state index contributed by atoms with van der Waals surface area (Å²) in [6, 6.07) is 24.7. The summed E-state index contributed by atoms with van der Waals surface area (Å²) in [7, 11) is 0. The van der Waals surface area contributed by atoms with Crippen LogP contribution in [0, 0.1) is 0 Å². The van der Waals surface area contributed by atoms with Crippen LogP contribution in [0.2, 0.25) is 0 Å². The van der Waals surface area contributed by atoms with E-state index in [9.17, 15) is 9.59 Å². The van der Waals surface area contributed by atoms with E-state index in [1.165, 1.54) is 0 Å². The van der Waals surface area contributed by atoms with Gasteiger partial charge in [-0.05, 0) is 41.8 Å². The second-order valence-corrected chi connectivity index (χ2v) is 8.08. The van der Waals surface area contributed by atoms with E-state index in [0.29, 0.717) is 23.4 Å². The van der Waals surface area contributed by atoms with E-state index in [2.05, 4.69) is 15.5 Å². The van der Waals surface area contributed by atoms with Crippen LogP contribution in [-0.2, 0) is 17.7 Å². The number of nitrogens with one attached hydrogen (secondary N) is 2. The Morgan fingerprint density at radius 2 is 1.55 bits per heavy atom. The molecule has 6 heteroatoms. The van der Waals surface area contributed by atoms with Crippen molar-refractivity contribution >= 4 is 17.5 Å². The largest absolute Gasteiger partial charge is 0.379 e. The van der Waals surface area contributed by atoms with Gasteiger partial charge in [-0.2, -0.15) is 0 Å². The first-order valence-electron chi connectivity index (χ1n) is 11.3. The summed E-state index contributed by atoms with van der Waals surface area (Å²) < 4.78 is 5.40. The average Bonchev–Trinajstić information content (AvgIpc) is 2.86. The number of morpholine rings is 1. The van der Waals surface area contributed by atoms with E-state index in [1.807, 2.05) is 54.6 Å². The highest BCUT2D eigenvalue weighted by Crippen LogP contribution is 2.17. The first-order chi connectivity index (χ1) is 16.2. The quantitative estimate of drug-likeness (QED) is 0.556. The van der Waals surface area contributed by atoms with Crippen LogP contribution in [0.15, 0.2) is 78.9 Å². The summed E-state index contributed by atoms with van der Waals surface area (Å²) in [6.07, 6.45) is 0.747. The average molecular weight is 444 g/mol. The summed E-state index contributed by atoms with van der Waals surface area (Å²) in [5.74, 6) is -0.439. The smallest absolute Gasteiger partial charge is 0.255 e. The molecule has 0 aliphatic carbocycles. The molecule has 1 aliphatic rings. The summed E-state index contributed by atoms with van der Waals surface area (Å²) in [4.78, 5) is 28.0. The molecule has 1 heterocycles. The first-order valence-corrected chi connectivity index (χ1v) is 11.3. The minimum Gasteiger partial charge on any atom is -0.379 e. The van der Waals surface area contributed by atoms with Crippen LogP contribution in [0.5, 0.6) is 0 Å². The van der Waals surface area contributed by atoms with Crippen LogP contribution in [0.25, 0.3) is 0 Å². The second kappa shape index (κ2) is 11.4. The van der Waals surface area contributed by atoms with E-state index >= 15 is 0 Å². The molecular formula is C27H29N3O3. The van der Waals surface area contributed by atoms with Crippen LogP contribution in [0.3, 0.4) is 0 Å². The molecular weight excluding hydrogens is 414 g/mol. The fraction of sp³-hybridized carbons (Fsp3) is 0.259. The highest BCUT2D eigenvalue weighted by Gasteiger charge is 2.15. The molecule has 0 bridgehead atoms. The highest BCUT2D eigenvalue weighted by molar-refractivity contribution is 6.09. The molecule has 0 saturated carbocycles. The summed E-state index contributed by atoms with van der Waals surface area (Å²) in [5, 5.41) is 5.86. The van der Waals surface area contributed by atoms with Crippen molar-refractivity contribution in [2.75, 3.05) is 38.2 Å². The molecule has 0 spiro atoms. The van der Waals surface area contributed by atoms with Gasteiger partial charge in [0.05, 0.1) is 24.5 Å². The number of rotatable bonds is 8. The van der Waals surface area contributed by atoms with Crippen molar-refractivity contribution in [3.8, 4) is 0 Å². The molecule has 0 radical (unpaired) electrons. The lowest BCUT2D eigenvalue weighted by atomic mass is 10.1. The molecule has 4 rings (SSSR count). The fourth-order valence-electron chi connectivity index (χ4n) is 3.87. The number of hydrogen-bond acceptors (Lipinski definition) is 4. The Bertz CT molecular complexity index is 1080. The zero-order valence-corrected chi connectivity index (χ0v) is 18.6. The van der Waals surface area contributed by atoms with Crippen LogP contribution in [0.1, 0.15) is 31.8 Å². The maximum Gasteiger partial charge on any atom is 0.255 e. The van der Waals surface area contributed by atoms with E-state index < -0.39 is 0 Å². The third-order valence-corrected chi connectivity index (χ3v) is 5.66. The number of benzene rings is 3. The number of anilines is 1. The third kappa shape index (κ3) is 6.51. The molecule has 1 aliphatic heterocycles. The zero-order valence-electron chi connectivity index (χ0n) is 18.6. The standard InChI is InChI=1S/C27H29N3O3/c31-26(23-10-6-9-22(19-23)20-30-15-17-33-18-16-30)29-25-12-5-4-11-24(25)27(32)28-14-13-21-7-2-1-3-8-21/h1-12,19H,13-18,20H2,(H,28,32)(H,29,31). The monoisotopic (exact) mass is 443 g/mol. The van der Waals surface area contributed by atoms with Crippen molar-refractivity contribution in [2.45, 2.75) is 13.0 Å². The number of amides is 2. The number of hydrogen-bond donors (Lipinski definition) is 2. The van der Waals surface area contributed by atoms with Gasteiger partial charge in [0, 0.05) is 31.7 Å². The van der Waals surface area contributed by atoms with Gasteiger partial charge in [0.1, 0.15) is 0 Å². The number of carbonyl (C=O) groups is 2. The summed E-state index contributed by atoms with van der Waals surface area (Å²) in [5.41, 5.74) is 3.76. The maximum atomic E-state index is 13.0. The van der Waals surface area contributed by atoms with Gasteiger partial charge in [-0.1, -0.05) is 54.6 Å². The van der Waals surface area contributed by atoms with Crippen molar-refractivity contribution in [2.24, 2.45) is 0 Å². The predicted molar refractivity (Wildman–Crippen MR) is 129 cm³/mol. The van der Waals surface area contributed by atoms with Crippen molar-refractivity contribution in [3.63, 3.8) is 0 Å². The minimum atomic E-state index is -0.233. The first kappa shape index (κ1) is 22.7. The van der Waals surface area contributed by atoms with E-state index in [0.717, 1.165) is 50.4 Å². The Balaban J connectivity index is 1.38. The van der Waals surface area contributed by atoms with Gasteiger partial charge < -0.3 is 15.4 Å². The van der Waals surface area contributed by atoms with Crippen molar-refractivity contribution in [3.05, 3.63) is 101 Å². The predicted octanol–water partition coefficient (Wildman–Crippen LogP) is 3.74. The molecule has 0 unspecified atom stereocenters. The molecule has 3 aromatic rings. The van der Waals surface area contributed by atoms with Crippen LogP contribution >= 0.6 is 0 Å². The van der Waals surface area contributed by atoms with Gasteiger partial charge in [0.15, 0.2) is 0 Å². The van der Waals surface area contributed by atoms with Gasteiger partial charge in [0.25, 0.3) is 11.8 Å². The van der Waals surface area contributed by atoms with Crippen molar-refractivity contribution < 1.29 is 14.3 Å². The minimum absolute atomic E-state index is 0.206. The van der Waals surface area contributed by atoms with Gasteiger partial charge in [-0.3, -0.25) is 14.5 Å². The number of para-hydroxylation sites is 1. The maximum absolute atomic E-state index is 13.0. The molecule has 6 nitrogen and oxygen atoms in total. The Labute approximate surface area is 194 Å². The topological polar surface area (TPSA) is 70.7 Å². The van der Waals surface area contributed by atoms with Crippen molar-refractivity contribution in [1.29, 1.82) is 0 Å². The van der Waals surface area contributed by atoms with Gasteiger partial charge in [-0.25, -0.2) is 0 Å². The normalized spacial score (nSPS) is 13.9. The highest BCUT2D eigenvalue weighted by atomic mass is 16.5. The molecule has 170 valence electrons. The number of ether oxygens (including phenoxy) is 1. The Hall–Kier alpha value is -3.48. The molecule has 1 saturated heterocycles. The fourth-order valence-corrected chi connectivity index (χ4v) is 3.87. The van der Waals surface area contributed by atoms with Gasteiger partial charge >= 0.3 is 0 Å². The Morgan fingerprint density at radius 1 is 0.818 bits per heavy atom. The van der Waals surface area contributed by atoms with E-state index in [1.54, 1.807) is 24.3 Å². The van der Waals surface area contributed by atoms with Gasteiger partial charge in [-0.15, -0.1) is 0 Å². The molecule has 2 amide bonds. The SMILES string of the molecule is O=C(Nc1ccccc1C(=O)NCCc1ccccc1)c1cccc(CN2CCOCC2)c1. The molecule has 0 atom stereocenters. The van der Waals surface area contributed by atoms with Crippen LogP contribution in [-0.4, -0.2) is 49.6 Å². The van der Waals surface area contributed by atoms with E-state index in [-0.39, 0.29) is 11.8 Å². The molecule has 33 heavy (non-hydrogen) atoms. The lowest BCUT2D eigenvalue weighted by Crippen LogP contribution is -2.35. The Kier molecular flexibility index (Phi) is 7.85. The zero-order chi connectivity index (χ0) is 22.9. The van der Waals surface area contributed by atoms with Gasteiger partial charge in [0.2, 0.25) is 0 Å². The van der Waals surface area contributed by atoms with Crippen molar-refractivity contribution in [1.82, 2.24) is 10.2 Å². The van der Waals surface area contributed by atoms with Crippen LogP contribution < -0.4 is 10.6 Å². The second-order valence-electron chi connectivity index (χ2n) is 8.08. The molecule has 3 aromatic carbocycles. The Morgan fingerprint density at radius 3 is 2.36 bits per heavy atom. The van der Waals surface area contributed by atoms with E-state index in [4.69, 9.17) is 4.74 Å². The lowest BCUT2D eigenvalue weighted by Gasteiger charge is -2.26. The van der Waals surface area contributed by atoms with Crippen LogP contribution in [0.4, 0.5) is 5.69 Å². The number of nitrogens with zero attached hydrogens (tertiary/aromatic N) is 1. The third-order valence-electron chi connectivity index (χ3n) is 5.66. The lowest BCUT2D eigenvalue weighted by molar-refractivity contribution is 0.0342. The number of carbonyl (C=O) groups excluding carboxylic acids is 2. The molecule has 0 aromatic heterocycles.